The SMILES string of the molecule is CC.CC(C)c1ccccc1.CCOC(C)=O. The monoisotopic (exact) mass is 238 g/mol. The van der Waals surface area contributed by atoms with Crippen LogP contribution in [0.3, 0.4) is 0 Å². The summed E-state index contributed by atoms with van der Waals surface area (Å²) in [5.41, 5.74) is 1.41. The molecule has 0 aliphatic rings. The molecule has 0 aliphatic heterocycles. The van der Waals surface area contributed by atoms with Crippen molar-refractivity contribution in [2.45, 2.75) is 47.5 Å². The molecule has 0 saturated carbocycles. The Morgan fingerprint density at radius 3 is 1.82 bits per heavy atom. The third-order valence-electron chi connectivity index (χ3n) is 1.81. The average Bonchev–Trinajstić information content (AvgIpc) is 2.33. The summed E-state index contributed by atoms with van der Waals surface area (Å²) < 4.78 is 4.40. The molecule has 17 heavy (non-hydrogen) atoms. The molecule has 0 heterocycles. The summed E-state index contributed by atoms with van der Waals surface area (Å²) in [6.07, 6.45) is 0. The Balaban J connectivity index is 0. The summed E-state index contributed by atoms with van der Waals surface area (Å²) in [5.74, 6) is 0.448. The largest absolute Gasteiger partial charge is 0.466 e. The second-order valence-electron chi connectivity index (χ2n) is 3.49. The highest BCUT2D eigenvalue weighted by atomic mass is 16.5. The van der Waals surface area contributed by atoms with Gasteiger partial charge < -0.3 is 4.74 Å². The van der Waals surface area contributed by atoms with Crippen molar-refractivity contribution in [3.63, 3.8) is 0 Å². The van der Waals surface area contributed by atoms with Gasteiger partial charge >= 0.3 is 5.97 Å². The molecule has 0 aromatic heterocycles. The highest BCUT2D eigenvalue weighted by Crippen LogP contribution is 2.11. The molecule has 1 rings (SSSR count). The number of esters is 1. The van der Waals surface area contributed by atoms with Crippen LogP contribution in [0.15, 0.2) is 30.3 Å². The predicted molar refractivity (Wildman–Crippen MR) is 74.2 cm³/mol. The highest BCUT2D eigenvalue weighted by Gasteiger charge is 1.93. The summed E-state index contributed by atoms with van der Waals surface area (Å²) in [4.78, 5) is 9.82. The number of carbonyl (C=O) groups excluding carboxylic acids is 1. The summed E-state index contributed by atoms with van der Waals surface area (Å²) in [6.45, 7) is 12.1. The van der Waals surface area contributed by atoms with Gasteiger partial charge in [-0.2, -0.15) is 0 Å². The second kappa shape index (κ2) is 12.8. The molecule has 0 amide bonds. The predicted octanol–water partition coefficient (Wildman–Crippen LogP) is 4.41. The molecule has 0 aliphatic carbocycles. The van der Waals surface area contributed by atoms with Crippen molar-refractivity contribution in [1.82, 2.24) is 0 Å². The van der Waals surface area contributed by atoms with Crippen molar-refractivity contribution in [2.24, 2.45) is 0 Å². The van der Waals surface area contributed by atoms with Crippen LogP contribution >= 0.6 is 0 Å². The van der Waals surface area contributed by atoms with Crippen LogP contribution in [0.25, 0.3) is 0 Å². The number of hydrogen-bond acceptors (Lipinski definition) is 2. The number of benzene rings is 1. The second-order valence-corrected chi connectivity index (χ2v) is 3.49. The lowest BCUT2D eigenvalue weighted by Gasteiger charge is -2.01. The first-order valence-electron chi connectivity index (χ1n) is 6.26. The molecule has 1 aromatic carbocycles. The van der Waals surface area contributed by atoms with Crippen LogP contribution in [0.1, 0.15) is 53.0 Å². The van der Waals surface area contributed by atoms with Gasteiger partial charge in [0.05, 0.1) is 6.61 Å². The van der Waals surface area contributed by atoms with E-state index in [1.807, 2.05) is 19.9 Å². The molecule has 0 unspecified atom stereocenters. The van der Waals surface area contributed by atoms with Crippen LogP contribution in [-0.2, 0) is 9.53 Å². The zero-order chi connectivity index (χ0) is 13.7. The summed E-state index contributed by atoms with van der Waals surface area (Å²) in [6, 6.07) is 10.5. The number of rotatable bonds is 2. The average molecular weight is 238 g/mol. The van der Waals surface area contributed by atoms with Crippen molar-refractivity contribution >= 4 is 5.97 Å². The maximum absolute atomic E-state index is 9.82. The van der Waals surface area contributed by atoms with Crippen molar-refractivity contribution in [1.29, 1.82) is 0 Å². The molecule has 0 radical (unpaired) electrons. The van der Waals surface area contributed by atoms with E-state index in [9.17, 15) is 4.79 Å². The standard InChI is InChI=1S/C9H12.C4H8O2.C2H6/c1-8(2)9-6-4-3-5-7-9;1-3-6-4(2)5;1-2/h3-8H,1-2H3;3H2,1-2H3;1-2H3. The summed E-state index contributed by atoms with van der Waals surface area (Å²) in [7, 11) is 0. The fourth-order valence-corrected chi connectivity index (χ4v) is 1.04. The van der Waals surface area contributed by atoms with E-state index in [4.69, 9.17) is 0 Å². The molecular weight excluding hydrogens is 212 g/mol. The van der Waals surface area contributed by atoms with Crippen LogP contribution in [0.5, 0.6) is 0 Å². The first-order chi connectivity index (χ1) is 8.07. The first kappa shape index (κ1) is 18.1. The van der Waals surface area contributed by atoms with Crippen LogP contribution in [0.2, 0.25) is 0 Å². The minimum atomic E-state index is -0.211. The highest BCUT2D eigenvalue weighted by molar-refractivity contribution is 5.65. The molecule has 0 fully saturated rings. The molecule has 0 N–H and O–H groups in total. The zero-order valence-electron chi connectivity index (χ0n) is 12.0. The van der Waals surface area contributed by atoms with E-state index in [1.54, 1.807) is 6.92 Å². The Morgan fingerprint density at radius 1 is 1.18 bits per heavy atom. The van der Waals surface area contributed by atoms with Gasteiger partial charge in [-0.25, -0.2) is 0 Å². The van der Waals surface area contributed by atoms with Gasteiger partial charge in [0, 0.05) is 6.92 Å². The third kappa shape index (κ3) is 12.6. The van der Waals surface area contributed by atoms with Gasteiger partial charge in [0.15, 0.2) is 0 Å². The van der Waals surface area contributed by atoms with Crippen molar-refractivity contribution < 1.29 is 9.53 Å². The third-order valence-corrected chi connectivity index (χ3v) is 1.81. The van der Waals surface area contributed by atoms with Gasteiger partial charge in [0.2, 0.25) is 0 Å². The minimum absolute atomic E-state index is 0.211. The van der Waals surface area contributed by atoms with E-state index in [0.717, 1.165) is 0 Å². The smallest absolute Gasteiger partial charge is 0.302 e. The fraction of sp³-hybridized carbons (Fsp3) is 0.533. The zero-order valence-corrected chi connectivity index (χ0v) is 12.0. The quantitative estimate of drug-likeness (QED) is 0.713. The van der Waals surface area contributed by atoms with Gasteiger partial charge in [-0.1, -0.05) is 58.0 Å². The van der Waals surface area contributed by atoms with E-state index < -0.39 is 0 Å². The lowest BCUT2D eigenvalue weighted by Crippen LogP contribution is -1.95. The van der Waals surface area contributed by atoms with Gasteiger partial charge in [-0.3, -0.25) is 4.79 Å². The van der Waals surface area contributed by atoms with E-state index in [1.165, 1.54) is 12.5 Å². The van der Waals surface area contributed by atoms with E-state index in [2.05, 4.69) is 42.8 Å². The van der Waals surface area contributed by atoms with Gasteiger partial charge in [0.25, 0.3) is 0 Å². The Hall–Kier alpha value is -1.31. The number of ether oxygens (including phenoxy) is 1. The maximum Gasteiger partial charge on any atom is 0.302 e. The van der Waals surface area contributed by atoms with Gasteiger partial charge in [-0.05, 0) is 18.4 Å². The van der Waals surface area contributed by atoms with Crippen molar-refractivity contribution in [2.75, 3.05) is 6.61 Å². The Kier molecular flexibility index (Phi) is 13.6. The van der Waals surface area contributed by atoms with Crippen LogP contribution < -0.4 is 0 Å². The Morgan fingerprint density at radius 2 is 1.65 bits per heavy atom. The molecule has 0 spiro atoms. The van der Waals surface area contributed by atoms with Crippen LogP contribution in [0.4, 0.5) is 0 Å². The molecule has 98 valence electrons. The molecule has 2 heteroatoms. The molecule has 0 atom stereocenters. The lowest BCUT2D eigenvalue weighted by molar-refractivity contribution is -0.140. The molecule has 0 bridgehead atoms. The summed E-state index contributed by atoms with van der Waals surface area (Å²) in [5, 5.41) is 0. The Bertz CT molecular complexity index is 266. The summed E-state index contributed by atoms with van der Waals surface area (Å²) >= 11 is 0. The van der Waals surface area contributed by atoms with Crippen molar-refractivity contribution in [3.8, 4) is 0 Å². The van der Waals surface area contributed by atoms with Gasteiger partial charge in [0.1, 0.15) is 0 Å². The number of carbonyl (C=O) groups is 1. The topological polar surface area (TPSA) is 26.3 Å². The fourth-order valence-electron chi connectivity index (χ4n) is 1.04. The van der Waals surface area contributed by atoms with Crippen LogP contribution in [-0.4, -0.2) is 12.6 Å². The minimum Gasteiger partial charge on any atom is -0.466 e. The molecular formula is C15H26O2. The molecule has 0 saturated heterocycles. The maximum atomic E-state index is 9.82. The first-order valence-corrected chi connectivity index (χ1v) is 6.26. The van der Waals surface area contributed by atoms with Crippen molar-refractivity contribution in [3.05, 3.63) is 35.9 Å². The lowest BCUT2D eigenvalue weighted by atomic mass is 10.0. The van der Waals surface area contributed by atoms with Crippen LogP contribution in [0, 0.1) is 0 Å². The Labute approximate surface area is 106 Å². The van der Waals surface area contributed by atoms with E-state index >= 15 is 0 Å². The number of hydrogen-bond donors (Lipinski definition) is 0. The molecule has 2 nitrogen and oxygen atoms in total. The normalized spacial score (nSPS) is 8.41. The van der Waals surface area contributed by atoms with E-state index in [0.29, 0.717) is 12.5 Å². The van der Waals surface area contributed by atoms with Gasteiger partial charge in [-0.15, -0.1) is 0 Å². The van der Waals surface area contributed by atoms with E-state index in [-0.39, 0.29) is 5.97 Å². The molecule has 1 aromatic rings.